The summed E-state index contributed by atoms with van der Waals surface area (Å²) >= 11 is 0. The Labute approximate surface area is 517 Å². The molecule has 19 nitrogen and oxygen atoms in total. The molecule has 19 heteroatoms. The number of unbranched alkanes of at least 4 members (excludes halogenated alkanes) is 6. The predicted molar refractivity (Wildman–Crippen MR) is 336 cm³/mol. The molecule has 0 bridgehead atoms. The Hall–Kier alpha value is -4.33. The van der Waals surface area contributed by atoms with Gasteiger partial charge in [0.25, 0.3) is 0 Å². The third-order valence-corrected chi connectivity index (χ3v) is 14.6. The summed E-state index contributed by atoms with van der Waals surface area (Å²) in [5, 5.41) is 119. The van der Waals surface area contributed by atoms with Crippen LogP contribution >= 0.6 is 0 Å². The van der Waals surface area contributed by atoms with Crippen molar-refractivity contribution < 1.29 is 89.4 Å². The van der Waals surface area contributed by atoms with Gasteiger partial charge in [0, 0.05) is 6.42 Å². The lowest BCUT2D eigenvalue weighted by atomic mass is 9.96. The molecule has 0 radical (unpaired) electrons. The Kier molecular flexibility index (Phi) is 42.9. The van der Waals surface area contributed by atoms with Gasteiger partial charge in [-0.05, 0) is 103 Å². The fraction of sp³-hybridized carbons (Fsp3) is 0.632. The minimum absolute atomic E-state index is 0.191. The van der Waals surface area contributed by atoms with Gasteiger partial charge in [-0.1, -0.05) is 179 Å². The number of carbonyl (C=O) groups is 1. The number of nitrogens with one attached hydrogen (secondary N) is 1. The number of amides is 1. The van der Waals surface area contributed by atoms with Crippen LogP contribution in [0.1, 0.15) is 142 Å². The van der Waals surface area contributed by atoms with Gasteiger partial charge in [-0.25, -0.2) is 0 Å². The number of carbonyl (C=O) groups excluding carboxylic acids is 1. The monoisotopic (exact) mass is 1230 g/mol. The summed E-state index contributed by atoms with van der Waals surface area (Å²) in [7, 11) is 0. The molecule has 3 heterocycles. The number of allylic oxidation sites excluding steroid dienone is 23. The second kappa shape index (κ2) is 48.5. The Morgan fingerprint density at radius 2 is 0.793 bits per heavy atom. The first-order valence-corrected chi connectivity index (χ1v) is 31.6. The lowest BCUT2D eigenvalue weighted by Gasteiger charge is -2.48. The molecule has 0 aromatic rings. The predicted octanol–water partition coefficient (Wildman–Crippen LogP) is 6.81. The van der Waals surface area contributed by atoms with Crippen molar-refractivity contribution in [3.8, 4) is 0 Å². The second-order valence-electron chi connectivity index (χ2n) is 21.8. The third kappa shape index (κ3) is 31.3. The van der Waals surface area contributed by atoms with Crippen LogP contribution in [0.2, 0.25) is 0 Å². The zero-order valence-electron chi connectivity index (χ0n) is 51.4. The van der Waals surface area contributed by atoms with Gasteiger partial charge in [-0.15, -0.1) is 0 Å². The SMILES string of the molecule is CC/C=C\C/C=C\C/C=C\C/C=C\C/C=C\C/C=C\C/C=C\C/C=C\C/C=C\C/C=C\C/C=C\CCCCCC(=O)NC(COC1OC(CO)C(OC2OC(CO)C(OC3OC(CO)C(O)C(O)C3O)C(O)C2O)C(O)C1O)C(O)/C=C/CCCCC. The average molecular weight is 1230 g/mol. The Morgan fingerprint density at radius 1 is 0.425 bits per heavy atom. The fourth-order valence-electron chi connectivity index (χ4n) is 9.49. The van der Waals surface area contributed by atoms with E-state index < -0.39 is 124 Å². The van der Waals surface area contributed by atoms with Crippen LogP contribution in [0.15, 0.2) is 146 Å². The van der Waals surface area contributed by atoms with Crippen LogP contribution in [-0.2, 0) is 33.2 Å². The Balaban J connectivity index is 1.32. The van der Waals surface area contributed by atoms with E-state index >= 15 is 0 Å². The molecule has 0 aromatic heterocycles. The fourth-order valence-corrected chi connectivity index (χ4v) is 9.49. The number of rotatable bonds is 44. The molecule has 17 unspecified atom stereocenters. The van der Waals surface area contributed by atoms with Gasteiger partial charge < -0.3 is 89.9 Å². The van der Waals surface area contributed by atoms with E-state index in [0.717, 1.165) is 109 Å². The molecule has 3 fully saturated rings. The van der Waals surface area contributed by atoms with Crippen LogP contribution in [0, 0.1) is 0 Å². The van der Waals surface area contributed by atoms with Gasteiger partial charge in [0.15, 0.2) is 18.9 Å². The molecule has 3 rings (SSSR count). The van der Waals surface area contributed by atoms with Crippen LogP contribution in [-0.4, -0.2) is 193 Å². The van der Waals surface area contributed by atoms with E-state index in [9.17, 15) is 61.0 Å². The maximum absolute atomic E-state index is 13.2. The van der Waals surface area contributed by atoms with E-state index in [-0.39, 0.29) is 18.9 Å². The van der Waals surface area contributed by atoms with E-state index in [1.165, 1.54) is 0 Å². The highest BCUT2D eigenvalue weighted by molar-refractivity contribution is 5.76. The van der Waals surface area contributed by atoms with Crippen molar-refractivity contribution in [1.82, 2.24) is 5.32 Å². The first-order valence-electron chi connectivity index (χ1n) is 31.6. The maximum Gasteiger partial charge on any atom is 0.220 e. The normalized spacial score (nSPS) is 29.6. The Morgan fingerprint density at radius 3 is 1.22 bits per heavy atom. The summed E-state index contributed by atoms with van der Waals surface area (Å²) in [6.45, 7) is 1.40. The molecule has 0 saturated carbocycles. The molecule has 12 N–H and O–H groups in total. The summed E-state index contributed by atoms with van der Waals surface area (Å²) in [5.74, 6) is -0.324. The Bertz CT molecular complexity index is 2150. The van der Waals surface area contributed by atoms with Gasteiger partial charge in [0.2, 0.25) is 5.91 Å². The summed E-state index contributed by atoms with van der Waals surface area (Å²) < 4.78 is 34.0. The van der Waals surface area contributed by atoms with Crippen LogP contribution in [0.3, 0.4) is 0 Å². The summed E-state index contributed by atoms with van der Waals surface area (Å²) in [6, 6.07) is -0.998. The molecule has 87 heavy (non-hydrogen) atoms. The quantitative estimate of drug-likeness (QED) is 0.0220. The number of aliphatic hydroxyl groups is 11. The molecule has 492 valence electrons. The number of hydrogen-bond acceptors (Lipinski definition) is 18. The van der Waals surface area contributed by atoms with E-state index in [1.807, 2.05) is 6.08 Å². The molecular formula is C68H107NO18. The van der Waals surface area contributed by atoms with E-state index in [4.69, 9.17) is 28.4 Å². The molecule has 3 aliphatic heterocycles. The van der Waals surface area contributed by atoms with Gasteiger partial charge in [0.1, 0.15) is 73.2 Å². The second-order valence-corrected chi connectivity index (χ2v) is 21.8. The van der Waals surface area contributed by atoms with Crippen molar-refractivity contribution in [1.29, 1.82) is 0 Å². The smallest absolute Gasteiger partial charge is 0.220 e. The van der Waals surface area contributed by atoms with Gasteiger partial charge >= 0.3 is 0 Å². The van der Waals surface area contributed by atoms with Gasteiger partial charge in [0.05, 0.1) is 38.6 Å². The standard InChI is InChI=1S/C68H107NO18/c1-3-5-7-9-10-11-12-13-14-15-16-17-18-19-20-21-22-23-24-25-26-27-28-29-30-31-32-33-34-35-36-37-38-39-40-42-44-46-56(74)69-51(52(73)45-43-41-8-6-4-2)50-82-66-62(80)59(77)64(54(48-71)84-66)87-68-63(81)60(78)65(55(49-72)85-68)86-67-61(79)58(76)57(75)53(47-70)83-67/h5,7,10-11,13-14,16-17,19-20,22-23,25-26,28-29,31-32,34-35,37-38,43,45,51-55,57-68,70-73,75-81H,3-4,6,8-9,12,15,18,21,24,27,30,33,36,39-42,44,46-50H2,1-2H3,(H,69,74)/b7-5-,11-10-,14-13-,17-16-,20-19-,23-22-,26-25-,29-28-,32-31-,35-34-,38-37-,45-43+. The number of ether oxygens (including phenoxy) is 6. The highest BCUT2D eigenvalue weighted by atomic mass is 16.8. The van der Waals surface area contributed by atoms with Crippen LogP contribution in [0.25, 0.3) is 0 Å². The van der Waals surface area contributed by atoms with Crippen molar-refractivity contribution >= 4 is 5.91 Å². The maximum atomic E-state index is 13.2. The molecule has 17 atom stereocenters. The van der Waals surface area contributed by atoms with Crippen molar-refractivity contribution in [2.75, 3.05) is 26.4 Å². The first kappa shape index (κ1) is 76.9. The summed E-state index contributed by atoms with van der Waals surface area (Å²) in [5.41, 5.74) is 0. The van der Waals surface area contributed by atoms with Crippen LogP contribution in [0.5, 0.6) is 0 Å². The molecular weight excluding hydrogens is 1120 g/mol. The van der Waals surface area contributed by atoms with Crippen molar-refractivity contribution in [2.24, 2.45) is 0 Å². The first-order chi connectivity index (χ1) is 42.3. The zero-order chi connectivity index (χ0) is 63.3. The molecule has 0 aromatic carbocycles. The number of aliphatic hydroxyl groups excluding tert-OH is 11. The highest BCUT2D eigenvalue weighted by Crippen LogP contribution is 2.33. The largest absolute Gasteiger partial charge is 0.394 e. The zero-order valence-corrected chi connectivity index (χ0v) is 51.4. The van der Waals surface area contributed by atoms with Gasteiger partial charge in [-0.3, -0.25) is 4.79 Å². The minimum Gasteiger partial charge on any atom is -0.394 e. The molecule has 1 amide bonds. The molecule has 3 aliphatic rings. The van der Waals surface area contributed by atoms with E-state index in [1.54, 1.807) is 6.08 Å². The third-order valence-electron chi connectivity index (χ3n) is 14.6. The van der Waals surface area contributed by atoms with Crippen molar-refractivity contribution in [2.45, 2.75) is 247 Å². The van der Waals surface area contributed by atoms with Crippen LogP contribution < -0.4 is 5.32 Å². The highest BCUT2D eigenvalue weighted by Gasteiger charge is 2.53. The van der Waals surface area contributed by atoms with Crippen LogP contribution in [0.4, 0.5) is 0 Å². The molecule has 3 saturated heterocycles. The summed E-state index contributed by atoms with van der Waals surface area (Å²) in [6.07, 6.45) is 42.1. The summed E-state index contributed by atoms with van der Waals surface area (Å²) in [4.78, 5) is 13.2. The molecule has 0 aliphatic carbocycles. The van der Waals surface area contributed by atoms with E-state index in [2.05, 4.69) is 153 Å². The van der Waals surface area contributed by atoms with E-state index in [0.29, 0.717) is 12.8 Å². The topological polar surface area (TPSA) is 307 Å². The minimum atomic E-state index is -1.99. The van der Waals surface area contributed by atoms with Crippen molar-refractivity contribution in [3.05, 3.63) is 146 Å². The van der Waals surface area contributed by atoms with Gasteiger partial charge in [-0.2, -0.15) is 0 Å². The lowest BCUT2D eigenvalue weighted by Crippen LogP contribution is -2.66. The lowest BCUT2D eigenvalue weighted by molar-refractivity contribution is -0.379. The average Bonchev–Trinajstić information content (AvgIpc) is 2.33. The molecule has 0 spiro atoms. The number of hydrogen-bond donors (Lipinski definition) is 12. The van der Waals surface area contributed by atoms with Crippen molar-refractivity contribution in [3.63, 3.8) is 0 Å².